The van der Waals surface area contributed by atoms with Gasteiger partial charge in [0.05, 0.1) is 15.6 Å². The maximum absolute atomic E-state index is 11.4. The highest BCUT2D eigenvalue weighted by Gasteiger charge is 2.11. The van der Waals surface area contributed by atoms with E-state index in [4.69, 9.17) is 11.6 Å². The fourth-order valence-electron chi connectivity index (χ4n) is 1.17. The summed E-state index contributed by atoms with van der Waals surface area (Å²) in [7, 11) is 1.73. The van der Waals surface area contributed by atoms with Crippen LogP contribution in [0.4, 0.5) is 11.4 Å². The lowest BCUT2D eigenvalue weighted by Gasteiger charge is -2.06. The molecule has 17 heavy (non-hydrogen) atoms. The van der Waals surface area contributed by atoms with Crippen molar-refractivity contribution in [1.29, 1.82) is 0 Å². The van der Waals surface area contributed by atoms with E-state index in [1.165, 1.54) is 18.2 Å². The summed E-state index contributed by atoms with van der Waals surface area (Å²) in [6, 6.07) is 3.90. The monoisotopic (exact) mass is 257 g/mol. The maximum Gasteiger partial charge on any atom is 0.271 e. The van der Waals surface area contributed by atoms with Gasteiger partial charge in [0.15, 0.2) is 0 Å². The second-order valence-corrected chi connectivity index (χ2v) is 3.73. The Hall–Kier alpha value is -1.66. The molecule has 1 aromatic carbocycles. The molecule has 0 aliphatic rings. The number of halogens is 1. The molecule has 1 aromatic rings. The average Bonchev–Trinajstić information content (AvgIpc) is 2.29. The van der Waals surface area contributed by atoms with Gasteiger partial charge in [-0.1, -0.05) is 11.6 Å². The molecule has 0 saturated carbocycles. The third-order valence-corrected chi connectivity index (χ3v) is 2.37. The molecule has 2 N–H and O–H groups in total. The number of rotatable bonds is 5. The summed E-state index contributed by atoms with van der Waals surface area (Å²) >= 11 is 5.83. The number of non-ortho nitro benzene ring substituents is 1. The van der Waals surface area contributed by atoms with Crippen molar-refractivity contribution in [3.05, 3.63) is 33.3 Å². The molecular formula is C10H12ClN3O3. The predicted molar refractivity (Wildman–Crippen MR) is 65.3 cm³/mol. The van der Waals surface area contributed by atoms with E-state index in [0.717, 1.165) is 0 Å². The smallest absolute Gasteiger partial charge is 0.271 e. The lowest BCUT2D eigenvalue weighted by molar-refractivity contribution is -0.384. The minimum atomic E-state index is -0.542. The van der Waals surface area contributed by atoms with Gasteiger partial charge in [-0.3, -0.25) is 14.9 Å². The molecule has 0 bridgehead atoms. The minimum Gasteiger partial charge on any atom is -0.325 e. The van der Waals surface area contributed by atoms with E-state index in [2.05, 4.69) is 10.6 Å². The maximum atomic E-state index is 11.4. The van der Waals surface area contributed by atoms with Gasteiger partial charge in [-0.2, -0.15) is 0 Å². The number of anilines is 1. The van der Waals surface area contributed by atoms with E-state index < -0.39 is 4.92 Å². The highest BCUT2D eigenvalue weighted by atomic mass is 35.5. The number of nitrogens with zero attached hydrogens (tertiary/aromatic N) is 1. The molecule has 0 aliphatic heterocycles. The first-order valence-corrected chi connectivity index (χ1v) is 5.30. The van der Waals surface area contributed by atoms with Crippen molar-refractivity contribution in [3.63, 3.8) is 0 Å². The van der Waals surface area contributed by atoms with Crippen molar-refractivity contribution in [2.24, 2.45) is 0 Å². The number of hydrogen-bond acceptors (Lipinski definition) is 4. The fourth-order valence-corrected chi connectivity index (χ4v) is 1.34. The quantitative estimate of drug-likeness (QED) is 0.622. The summed E-state index contributed by atoms with van der Waals surface area (Å²) in [6.45, 7) is 0.526. The van der Waals surface area contributed by atoms with Crippen LogP contribution in [0.1, 0.15) is 6.42 Å². The second-order valence-electron chi connectivity index (χ2n) is 3.32. The Balaban J connectivity index is 2.79. The second kappa shape index (κ2) is 6.17. The van der Waals surface area contributed by atoms with Crippen molar-refractivity contribution in [3.8, 4) is 0 Å². The van der Waals surface area contributed by atoms with Crippen LogP contribution in [0.3, 0.4) is 0 Å². The molecule has 0 unspecified atom stereocenters. The number of nitro groups is 1. The summed E-state index contributed by atoms with van der Waals surface area (Å²) in [5.41, 5.74) is 0.139. The Morgan fingerprint density at radius 3 is 2.82 bits per heavy atom. The molecule has 0 aromatic heterocycles. The first kappa shape index (κ1) is 13.4. The van der Waals surface area contributed by atoms with E-state index >= 15 is 0 Å². The number of amides is 1. The number of nitro benzene ring substituents is 1. The van der Waals surface area contributed by atoms with E-state index in [-0.39, 0.29) is 28.7 Å². The third-order valence-electron chi connectivity index (χ3n) is 2.04. The molecule has 0 fully saturated rings. The average molecular weight is 258 g/mol. The molecule has 1 rings (SSSR count). The van der Waals surface area contributed by atoms with Gasteiger partial charge < -0.3 is 10.6 Å². The van der Waals surface area contributed by atoms with Crippen LogP contribution in [-0.2, 0) is 4.79 Å². The molecule has 0 heterocycles. The normalized spacial score (nSPS) is 10.0. The van der Waals surface area contributed by atoms with Crippen LogP contribution >= 0.6 is 11.6 Å². The van der Waals surface area contributed by atoms with Crippen LogP contribution in [0, 0.1) is 10.1 Å². The summed E-state index contributed by atoms with van der Waals surface area (Å²) in [6.07, 6.45) is 0.273. The highest BCUT2D eigenvalue weighted by Crippen LogP contribution is 2.26. The van der Waals surface area contributed by atoms with Crippen molar-refractivity contribution in [2.45, 2.75) is 6.42 Å². The number of carbonyl (C=O) groups is 1. The Kier molecular flexibility index (Phi) is 4.86. The summed E-state index contributed by atoms with van der Waals surface area (Å²) < 4.78 is 0. The van der Waals surface area contributed by atoms with Crippen LogP contribution < -0.4 is 10.6 Å². The third kappa shape index (κ3) is 4.01. The molecule has 0 radical (unpaired) electrons. The van der Waals surface area contributed by atoms with Gasteiger partial charge in [0.2, 0.25) is 5.91 Å². The first-order valence-electron chi connectivity index (χ1n) is 4.93. The highest BCUT2D eigenvalue weighted by molar-refractivity contribution is 6.33. The standard InChI is InChI=1S/C10H12ClN3O3/c1-12-5-4-10(15)13-9-6-7(14(16)17)2-3-8(9)11/h2-3,6,12H,4-5H2,1H3,(H,13,15). The van der Waals surface area contributed by atoms with Crippen LogP contribution in [0.25, 0.3) is 0 Å². The molecule has 0 spiro atoms. The van der Waals surface area contributed by atoms with Crippen LogP contribution in [0.15, 0.2) is 18.2 Å². The van der Waals surface area contributed by atoms with Gasteiger partial charge in [0.25, 0.3) is 5.69 Å². The van der Waals surface area contributed by atoms with E-state index in [9.17, 15) is 14.9 Å². The van der Waals surface area contributed by atoms with Crippen LogP contribution in [0.2, 0.25) is 5.02 Å². The number of benzene rings is 1. The molecule has 6 nitrogen and oxygen atoms in total. The first-order chi connectivity index (χ1) is 8.04. The Bertz CT molecular complexity index is 437. The van der Waals surface area contributed by atoms with E-state index in [1.807, 2.05) is 0 Å². The van der Waals surface area contributed by atoms with Gasteiger partial charge in [-0.05, 0) is 13.1 Å². The zero-order chi connectivity index (χ0) is 12.8. The van der Waals surface area contributed by atoms with Crippen molar-refractivity contribution >= 4 is 28.9 Å². The van der Waals surface area contributed by atoms with Gasteiger partial charge >= 0.3 is 0 Å². The number of carbonyl (C=O) groups excluding carboxylic acids is 1. The zero-order valence-electron chi connectivity index (χ0n) is 9.20. The Morgan fingerprint density at radius 2 is 2.24 bits per heavy atom. The van der Waals surface area contributed by atoms with Gasteiger partial charge in [0, 0.05) is 25.1 Å². The van der Waals surface area contributed by atoms with Gasteiger partial charge in [-0.25, -0.2) is 0 Å². The van der Waals surface area contributed by atoms with E-state index in [0.29, 0.717) is 6.54 Å². The predicted octanol–water partition coefficient (Wildman–Crippen LogP) is 1.80. The molecular weight excluding hydrogens is 246 g/mol. The molecule has 0 atom stereocenters. The molecule has 1 amide bonds. The lowest BCUT2D eigenvalue weighted by atomic mass is 10.2. The SMILES string of the molecule is CNCCC(=O)Nc1cc([N+](=O)[O-])ccc1Cl. The van der Waals surface area contributed by atoms with Crippen molar-refractivity contribution in [1.82, 2.24) is 5.32 Å². The van der Waals surface area contributed by atoms with Crippen molar-refractivity contribution in [2.75, 3.05) is 18.9 Å². The molecule has 7 heteroatoms. The molecule has 0 saturated heterocycles. The largest absolute Gasteiger partial charge is 0.325 e. The molecule has 92 valence electrons. The zero-order valence-corrected chi connectivity index (χ0v) is 9.95. The fraction of sp³-hybridized carbons (Fsp3) is 0.300. The topological polar surface area (TPSA) is 84.3 Å². The van der Waals surface area contributed by atoms with Gasteiger partial charge in [-0.15, -0.1) is 0 Å². The van der Waals surface area contributed by atoms with Gasteiger partial charge in [0.1, 0.15) is 0 Å². The summed E-state index contributed by atoms with van der Waals surface area (Å²) in [5.74, 6) is -0.248. The van der Waals surface area contributed by atoms with E-state index in [1.54, 1.807) is 7.05 Å². The minimum absolute atomic E-state index is 0.113. The van der Waals surface area contributed by atoms with Crippen LogP contribution in [-0.4, -0.2) is 24.4 Å². The van der Waals surface area contributed by atoms with Crippen molar-refractivity contribution < 1.29 is 9.72 Å². The number of hydrogen-bond donors (Lipinski definition) is 2. The summed E-state index contributed by atoms with van der Waals surface area (Å²) in [5, 5.41) is 16.2. The molecule has 0 aliphatic carbocycles. The Labute approximate surface area is 103 Å². The summed E-state index contributed by atoms with van der Waals surface area (Å²) in [4.78, 5) is 21.4. The Morgan fingerprint density at radius 1 is 1.53 bits per heavy atom. The van der Waals surface area contributed by atoms with Crippen LogP contribution in [0.5, 0.6) is 0 Å². The number of nitrogens with one attached hydrogen (secondary N) is 2. The lowest BCUT2D eigenvalue weighted by Crippen LogP contribution is -2.18.